The van der Waals surface area contributed by atoms with Crippen molar-refractivity contribution in [2.45, 2.75) is 39.2 Å². The van der Waals surface area contributed by atoms with E-state index >= 15 is 0 Å². The summed E-state index contributed by atoms with van der Waals surface area (Å²) in [5.74, 6) is 0.310. The first kappa shape index (κ1) is 19.3. The fourth-order valence-electron chi connectivity index (χ4n) is 2.86. The van der Waals surface area contributed by atoms with E-state index in [9.17, 15) is 4.79 Å². The topological polar surface area (TPSA) is 83.6 Å². The van der Waals surface area contributed by atoms with E-state index < -0.39 is 0 Å². The summed E-state index contributed by atoms with van der Waals surface area (Å²) in [6, 6.07) is 17.5. The minimum Gasteiger partial charge on any atom is -0.308 e. The van der Waals surface area contributed by atoms with Crippen molar-refractivity contribution >= 4 is 11.7 Å². The number of hydrogen-bond donors (Lipinski definition) is 1. The highest BCUT2D eigenvalue weighted by Gasteiger charge is 2.08. The Bertz CT molecular complexity index is 952. The Morgan fingerprint density at radius 2 is 1.75 bits per heavy atom. The Labute approximate surface area is 164 Å². The van der Waals surface area contributed by atoms with E-state index in [1.54, 1.807) is 12.1 Å². The first-order valence-corrected chi connectivity index (χ1v) is 9.43. The molecule has 0 aliphatic rings. The number of nitrogens with zero attached hydrogens (tertiary/aromatic N) is 4. The number of aryl methyl sites for hydroxylation is 1. The maximum atomic E-state index is 12.3. The van der Waals surface area contributed by atoms with Crippen molar-refractivity contribution in [1.29, 1.82) is 5.26 Å². The van der Waals surface area contributed by atoms with Crippen LogP contribution in [-0.2, 0) is 24.2 Å². The number of nitriles is 1. The predicted molar refractivity (Wildman–Crippen MR) is 108 cm³/mol. The highest BCUT2D eigenvalue weighted by atomic mass is 16.1. The molecule has 0 aliphatic heterocycles. The van der Waals surface area contributed by atoms with Crippen LogP contribution in [-0.4, -0.2) is 20.9 Å². The number of nitrogens with one attached hydrogen (secondary N) is 1. The average molecular weight is 373 g/mol. The summed E-state index contributed by atoms with van der Waals surface area (Å²) in [6.07, 6.45) is 5.27. The number of amides is 1. The van der Waals surface area contributed by atoms with Crippen molar-refractivity contribution in [3.8, 4) is 6.07 Å². The maximum absolute atomic E-state index is 12.3. The lowest BCUT2D eigenvalue weighted by Crippen LogP contribution is -2.15. The van der Waals surface area contributed by atoms with Crippen molar-refractivity contribution in [1.82, 2.24) is 15.0 Å². The number of unbranched alkanes of at least 4 members (excludes halogenated alkanes) is 1. The minimum absolute atomic E-state index is 0.119. The van der Waals surface area contributed by atoms with E-state index in [2.05, 4.69) is 40.6 Å². The normalized spacial score (nSPS) is 10.4. The molecule has 0 spiro atoms. The minimum atomic E-state index is -0.119. The summed E-state index contributed by atoms with van der Waals surface area (Å²) in [5, 5.41) is 20.1. The molecule has 1 heterocycles. The second kappa shape index (κ2) is 9.47. The molecule has 1 aromatic heterocycles. The van der Waals surface area contributed by atoms with Crippen molar-refractivity contribution in [3.05, 3.63) is 77.0 Å². The van der Waals surface area contributed by atoms with Gasteiger partial charge in [0.15, 0.2) is 5.82 Å². The number of carbonyl (C=O) groups excluding carboxylic acids is 1. The van der Waals surface area contributed by atoms with E-state index in [1.807, 2.05) is 24.3 Å². The molecular formula is C22H23N5O. The van der Waals surface area contributed by atoms with Gasteiger partial charge in [-0.1, -0.05) is 49.7 Å². The molecule has 3 aromatic rings. The number of benzene rings is 2. The maximum Gasteiger partial charge on any atom is 0.230 e. The van der Waals surface area contributed by atoms with Crippen LogP contribution in [0.2, 0.25) is 0 Å². The van der Waals surface area contributed by atoms with Gasteiger partial charge >= 0.3 is 0 Å². The molecule has 1 amide bonds. The van der Waals surface area contributed by atoms with Gasteiger partial charge in [0, 0.05) is 0 Å². The van der Waals surface area contributed by atoms with Crippen LogP contribution in [0.4, 0.5) is 5.82 Å². The summed E-state index contributed by atoms with van der Waals surface area (Å²) in [6.45, 7) is 2.65. The Morgan fingerprint density at radius 1 is 1.07 bits per heavy atom. The molecule has 0 saturated heterocycles. The van der Waals surface area contributed by atoms with Gasteiger partial charge in [0.25, 0.3) is 0 Å². The van der Waals surface area contributed by atoms with Crippen molar-refractivity contribution < 1.29 is 4.79 Å². The van der Waals surface area contributed by atoms with Crippen molar-refractivity contribution in [3.63, 3.8) is 0 Å². The molecule has 28 heavy (non-hydrogen) atoms. The molecule has 0 saturated carbocycles. The summed E-state index contributed by atoms with van der Waals surface area (Å²) in [4.78, 5) is 13.8. The summed E-state index contributed by atoms with van der Waals surface area (Å²) in [7, 11) is 0. The molecule has 1 N–H and O–H groups in total. The molecule has 0 aliphatic carbocycles. The van der Waals surface area contributed by atoms with Gasteiger partial charge in [0.05, 0.1) is 30.8 Å². The SMILES string of the molecule is CCCCc1ccc(CC(=O)Nc2cnn(Cc3ccc(C#N)cc3)n2)cc1. The van der Waals surface area contributed by atoms with Crippen LogP contribution in [0.25, 0.3) is 0 Å². The van der Waals surface area contributed by atoms with E-state index in [0.717, 1.165) is 17.5 Å². The van der Waals surface area contributed by atoms with Gasteiger partial charge in [0.2, 0.25) is 5.91 Å². The molecule has 3 rings (SSSR count). The predicted octanol–water partition coefficient (Wildman–Crippen LogP) is 3.72. The summed E-state index contributed by atoms with van der Waals surface area (Å²) < 4.78 is 0. The number of rotatable bonds is 8. The van der Waals surface area contributed by atoms with Crippen LogP contribution in [0, 0.1) is 11.3 Å². The Morgan fingerprint density at radius 3 is 2.43 bits per heavy atom. The smallest absolute Gasteiger partial charge is 0.230 e. The zero-order chi connectivity index (χ0) is 19.8. The van der Waals surface area contributed by atoms with Gasteiger partial charge in [-0.2, -0.15) is 15.2 Å². The summed E-state index contributed by atoms with van der Waals surface area (Å²) >= 11 is 0. The largest absolute Gasteiger partial charge is 0.308 e. The van der Waals surface area contributed by atoms with E-state index in [-0.39, 0.29) is 5.91 Å². The number of anilines is 1. The quantitative estimate of drug-likeness (QED) is 0.652. The van der Waals surface area contributed by atoms with Gasteiger partial charge < -0.3 is 5.32 Å². The zero-order valence-electron chi connectivity index (χ0n) is 15.9. The first-order chi connectivity index (χ1) is 13.7. The average Bonchev–Trinajstić information content (AvgIpc) is 3.14. The molecule has 0 unspecified atom stereocenters. The van der Waals surface area contributed by atoms with Gasteiger partial charge in [0.1, 0.15) is 0 Å². The lowest BCUT2D eigenvalue weighted by molar-refractivity contribution is -0.115. The standard InChI is InChI=1S/C22H23N5O/c1-2-3-4-17-5-7-18(8-6-17)13-22(28)25-21-15-24-27(26-21)16-20-11-9-19(14-23)10-12-20/h5-12,15H,2-4,13,16H2,1H3,(H,25,26,28). The van der Waals surface area contributed by atoms with E-state index in [4.69, 9.17) is 5.26 Å². The van der Waals surface area contributed by atoms with Crippen LogP contribution in [0.5, 0.6) is 0 Å². The first-order valence-electron chi connectivity index (χ1n) is 9.43. The molecule has 0 atom stereocenters. The molecule has 6 heteroatoms. The molecular weight excluding hydrogens is 350 g/mol. The lowest BCUT2D eigenvalue weighted by atomic mass is 10.0. The highest BCUT2D eigenvalue weighted by Crippen LogP contribution is 2.10. The van der Waals surface area contributed by atoms with Gasteiger partial charge in [-0.25, -0.2) is 0 Å². The van der Waals surface area contributed by atoms with E-state index in [0.29, 0.717) is 24.3 Å². The van der Waals surface area contributed by atoms with Crippen LogP contribution in [0.3, 0.4) is 0 Å². The Balaban J connectivity index is 1.52. The van der Waals surface area contributed by atoms with Gasteiger partial charge in [-0.3, -0.25) is 4.79 Å². The fraction of sp³-hybridized carbons (Fsp3) is 0.273. The molecule has 0 bridgehead atoms. The molecule has 142 valence electrons. The molecule has 2 aromatic carbocycles. The molecule has 0 fully saturated rings. The third kappa shape index (κ3) is 5.52. The number of carbonyl (C=O) groups is 1. The van der Waals surface area contributed by atoms with Crippen LogP contribution in [0.1, 0.15) is 42.0 Å². The number of aromatic nitrogens is 3. The Hall–Kier alpha value is -3.46. The number of hydrogen-bond acceptors (Lipinski definition) is 4. The van der Waals surface area contributed by atoms with E-state index in [1.165, 1.54) is 29.4 Å². The monoisotopic (exact) mass is 373 g/mol. The van der Waals surface area contributed by atoms with Crippen LogP contribution in [0.15, 0.2) is 54.7 Å². The second-order valence-electron chi connectivity index (χ2n) is 6.71. The van der Waals surface area contributed by atoms with Gasteiger partial charge in [-0.15, -0.1) is 5.10 Å². The van der Waals surface area contributed by atoms with Crippen molar-refractivity contribution in [2.75, 3.05) is 5.32 Å². The highest BCUT2D eigenvalue weighted by molar-refractivity contribution is 5.91. The van der Waals surface area contributed by atoms with Crippen molar-refractivity contribution in [2.24, 2.45) is 0 Å². The zero-order valence-corrected chi connectivity index (χ0v) is 15.9. The third-order valence-corrected chi connectivity index (χ3v) is 4.42. The van der Waals surface area contributed by atoms with Crippen LogP contribution < -0.4 is 5.32 Å². The molecule has 0 radical (unpaired) electrons. The third-order valence-electron chi connectivity index (χ3n) is 4.42. The molecule has 6 nitrogen and oxygen atoms in total. The van der Waals surface area contributed by atoms with Gasteiger partial charge in [-0.05, 0) is 41.7 Å². The Kier molecular flexibility index (Phi) is 6.53. The summed E-state index contributed by atoms with van der Waals surface area (Å²) in [5.41, 5.74) is 3.87. The van der Waals surface area contributed by atoms with Crippen LogP contribution >= 0.6 is 0 Å². The lowest BCUT2D eigenvalue weighted by Gasteiger charge is -2.04. The second-order valence-corrected chi connectivity index (χ2v) is 6.71. The fourth-order valence-corrected chi connectivity index (χ4v) is 2.86.